The van der Waals surface area contributed by atoms with E-state index in [2.05, 4.69) is 167 Å². The predicted molar refractivity (Wildman–Crippen MR) is 222 cm³/mol. The van der Waals surface area contributed by atoms with E-state index in [-0.39, 0.29) is 0 Å². The highest BCUT2D eigenvalue weighted by molar-refractivity contribution is 6.14. The Bertz CT molecular complexity index is 3100. The number of hydrogen-bond donors (Lipinski definition) is 0. The van der Waals surface area contributed by atoms with Crippen LogP contribution in [0.2, 0.25) is 0 Å². The lowest BCUT2D eigenvalue weighted by Crippen LogP contribution is -2.01. The SMILES string of the molecule is C1=Cc2c(c3cc4c5ccccc5n(-c5cccc(-c6nc(-c7ccccc7)nc(-c7ccc8ccccc8c7)n6)c5)c4cc3n2-c2ccccc2)CC1. The van der Waals surface area contributed by atoms with E-state index in [0.717, 1.165) is 51.6 Å². The summed E-state index contributed by atoms with van der Waals surface area (Å²) < 4.78 is 4.83. The summed E-state index contributed by atoms with van der Waals surface area (Å²) >= 11 is 0. The Kier molecular flexibility index (Phi) is 6.92. The number of benzene rings is 7. The number of nitrogens with zero attached hydrogens (tertiary/aromatic N) is 5. The van der Waals surface area contributed by atoms with E-state index in [1.807, 2.05) is 18.2 Å². The molecule has 54 heavy (non-hydrogen) atoms. The van der Waals surface area contributed by atoms with Crippen molar-refractivity contribution in [3.63, 3.8) is 0 Å². The van der Waals surface area contributed by atoms with Gasteiger partial charge in [-0.3, -0.25) is 0 Å². The Hall–Kier alpha value is -7.11. The van der Waals surface area contributed by atoms with Crippen LogP contribution in [0, 0.1) is 0 Å². The zero-order chi connectivity index (χ0) is 35.6. The summed E-state index contributed by atoms with van der Waals surface area (Å²) in [6, 6.07) is 57.9. The largest absolute Gasteiger partial charge is 0.310 e. The second-order valence-corrected chi connectivity index (χ2v) is 14.0. The van der Waals surface area contributed by atoms with Crippen LogP contribution in [0.1, 0.15) is 17.7 Å². The van der Waals surface area contributed by atoms with Crippen LogP contribution in [0.25, 0.3) is 95.1 Å². The molecule has 10 aromatic rings. The smallest absolute Gasteiger partial charge is 0.164 e. The van der Waals surface area contributed by atoms with Gasteiger partial charge in [-0.1, -0.05) is 121 Å². The first-order chi connectivity index (χ1) is 26.8. The maximum absolute atomic E-state index is 5.14. The van der Waals surface area contributed by atoms with Crippen molar-refractivity contribution in [1.82, 2.24) is 24.1 Å². The molecule has 0 atom stereocenters. The molecular formula is C49H33N5. The molecule has 0 amide bonds. The monoisotopic (exact) mass is 691 g/mol. The van der Waals surface area contributed by atoms with Crippen LogP contribution < -0.4 is 0 Å². The second kappa shape index (κ2) is 12.2. The molecule has 254 valence electrons. The van der Waals surface area contributed by atoms with Crippen LogP contribution >= 0.6 is 0 Å². The molecule has 1 aliphatic carbocycles. The summed E-state index contributed by atoms with van der Waals surface area (Å²) in [4.78, 5) is 15.2. The molecule has 3 aromatic heterocycles. The van der Waals surface area contributed by atoms with E-state index in [4.69, 9.17) is 15.0 Å². The molecule has 0 radical (unpaired) electrons. The van der Waals surface area contributed by atoms with Crippen LogP contribution in [0.3, 0.4) is 0 Å². The summed E-state index contributed by atoms with van der Waals surface area (Å²) in [5, 5.41) is 6.13. The minimum Gasteiger partial charge on any atom is -0.310 e. The Labute approximate surface area is 312 Å². The van der Waals surface area contributed by atoms with Crippen molar-refractivity contribution in [2.75, 3.05) is 0 Å². The van der Waals surface area contributed by atoms with Crippen LogP contribution in [0.5, 0.6) is 0 Å². The quantitative estimate of drug-likeness (QED) is 0.180. The van der Waals surface area contributed by atoms with Gasteiger partial charge >= 0.3 is 0 Å². The average molecular weight is 692 g/mol. The molecule has 7 aromatic carbocycles. The highest BCUT2D eigenvalue weighted by Crippen LogP contribution is 2.41. The topological polar surface area (TPSA) is 48.5 Å². The molecule has 1 aliphatic rings. The van der Waals surface area contributed by atoms with Gasteiger partial charge in [-0.15, -0.1) is 0 Å². The standard InChI is InChI=1S/C49H33N5/c1-3-15-33(16-4-1)47-50-48(52-49(51-47)36-27-26-32-14-7-8-17-34(32)28-36)35-18-13-21-38(29-35)54-44-25-12-10-23-40(44)42-30-41-39-22-9-11-24-43(39)53(45(41)31-46(42)54)37-19-5-2-6-20-37/h1-8,10-21,23-31H,9,22H2. The first kappa shape index (κ1) is 30.5. The van der Waals surface area contributed by atoms with Crippen LogP contribution in [0.4, 0.5) is 0 Å². The van der Waals surface area contributed by atoms with Gasteiger partial charge in [0.25, 0.3) is 0 Å². The summed E-state index contributed by atoms with van der Waals surface area (Å²) in [5.41, 5.74) is 11.3. The molecule has 0 unspecified atom stereocenters. The van der Waals surface area contributed by atoms with E-state index in [9.17, 15) is 0 Å². The van der Waals surface area contributed by atoms with E-state index in [1.165, 1.54) is 44.0 Å². The minimum atomic E-state index is 0.634. The maximum Gasteiger partial charge on any atom is 0.164 e. The zero-order valence-corrected chi connectivity index (χ0v) is 29.4. The van der Waals surface area contributed by atoms with Gasteiger partial charge in [-0.05, 0) is 83.8 Å². The Morgan fingerprint density at radius 2 is 1.06 bits per heavy atom. The summed E-state index contributed by atoms with van der Waals surface area (Å²) in [5.74, 6) is 1.93. The van der Waals surface area contributed by atoms with E-state index >= 15 is 0 Å². The van der Waals surface area contributed by atoms with Gasteiger partial charge < -0.3 is 9.13 Å². The van der Waals surface area contributed by atoms with Gasteiger partial charge in [0.15, 0.2) is 17.5 Å². The van der Waals surface area contributed by atoms with Crippen molar-refractivity contribution < 1.29 is 0 Å². The van der Waals surface area contributed by atoms with Gasteiger partial charge in [0.1, 0.15) is 0 Å². The molecule has 0 fully saturated rings. The number of allylic oxidation sites excluding steroid dienone is 1. The minimum absolute atomic E-state index is 0.634. The molecule has 0 aliphatic heterocycles. The molecule has 0 N–H and O–H groups in total. The fourth-order valence-electron chi connectivity index (χ4n) is 8.29. The molecule has 5 heteroatoms. The number of hydrogen-bond acceptors (Lipinski definition) is 3. The Morgan fingerprint density at radius 1 is 0.407 bits per heavy atom. The fourth-order valence-corrected chi connectivity index (χ4v) is 8.29. The molecule has 5 nitrogen and oxygen atoms in total. The zero-order valence-electron chi connectivity index (χ0n) is 29.4. The summed E-state index contributed by atoms with van der Waals surface area (Å²) in [6.45, 7) is 0. The van der Waals surface area contributed by atoms with Crippen molar-refractivity contribution in [2.24, 2.45) is 0 Å². The lowest BCUT2D eigenvalue weighted by atomic mass is 10.00. The van der Waals surface area contributed by atoms with Crippen LogP contribution in [-0.4, -0.2) is 24.1 Å². The van der Waals surface area contributed by atoms with Gasteiger partial charge in [0.2, 0.25) is 0 Å². The van der Waals surface area contributed by atoms with E-state index in [1.54, 1.807) is 0 Å². The molecule has 3 heterocycles. The van der Waals surface area contributed by atoms with E-state index in [0.29, 0.717) is 17.5 Å². The van der Waals surface area contributed by atoms with Crippen LogP contribution in [0.15, 0.2) is 170 Å². The van der Waals surface area contributed by atoms with Crippen LogP contribution in [-0.2, 0) is 6.42 Å². The van der Waals surface area contributed by atoms with Crippen molar-refractivity contribution in [2.45, 2.75) is 12.8 Å². The number of fused-ring (bicyclic) bond motifs is 7. The normalized spacial score (nSPS) is 12.6. The number of rotatable bonds is 5. The molecular weight excluding hydrogens is 659 g/mol. The van der Waals surface area contributed by atoms with Gasteiger partial charge in [-0.2, -0.15) is 0 Å². The Morgan fingerprint density at radius 3 is 1.89 bits per heavy atom. The number of para-hydroxylation sites is 2. The van der Waals surface area contributed by atoms with Crippen molar-refractivity contribution >= 4 is 49.6 Å². The first-order valence-corrected chi connectivity index (χ1v) is 18.5. The molecule has 0 spiro atoms. The maximum atomic E-state index is 5.14. The lowest BCUT2D eigenvalue weighted by molar-refractivity contribution is 0.967. The number of aromatic nitrogens is 5. The lowest BCUT2D eigenvalue weighted by Gasteiger charge is -2.13. The molecule has 0 saturated carbocycles. The van der Waals surface area contributed by atoms with Gasteiger partial charge in [0, 0.05) is 49.9 Å². The average Bonchev–Trinajstić information content (AvgIpc) is 3.75. The molecule has 0 saturated heterocycles. The summed E-state index contributed by atoms with van der Waals surface area (Å²) in [7, 11) is 0. The van der Waals surface area contributed by atoms with Crippen molar-refractivity contribution in [3.05, 3.63) is 181 Å². The summed E-state index contributed by atoms with van der Waals surface area (Å²) in [6.07, 6.45) is 6.69. The molecule has 0 bridgehead atoms. The van der Waals surface area contributed by atoms with Crippen molar-refractivity contribution in [1.29, 1.82) is 0 Å². The molecule has 11 rings (SSSR count). The third-order valence-corrected chi connectivity index (χ3v) is 10.8. The fraction of sp³-hybridized carbons (Fsp3) is 0.0408. The highest BCUT2D eigenvalue weighted by Gasteiger charge is 2.22. The Balaban J connectivity index is 1.13. The van der Waals surface area contributed by atoms with Gasteiger partial charge in [-0.25, -0.2) is 15.0 Å². The number of aryl methyl sites for hydroxylation is 1. The third kappa shape index (κ3) is 4.90. The van der Waals surface area contributed by atoms with Crippen molar-refractivity contribution in [3.8, 4) is 45.5 Å². The first-order valence-electron chi connectivity index (χ1n) is 18.5. The highest BCUT2D eigenvalue weighted by atomic mass is 15.0. The van der Waals surface area contributed by atoms with E-state index < -0.39 is 0 Å². The second-order valence-electron chi connectivity index (χ2n) is 14.0. The predicted octanol–water partition coefficient (Wildman–Crippen LogP) is 12.0. The third-order valence-electron chi connectivity index (χ3n) is 10.8. The van der Waals surface area contributed by atoms with Gasteiger partial charge in [0.05, 0.1) is 16.6 Å².